The summed E-state index contributed by atoms with van der Waals surface area (Å²) in [5.41, 5.74) is 3.01. The van der Waals surface area contributed by atoms with Crippen LogP contribution in [0.25, 0.3) is 0 Å². The molecule has 37 heavy (non-hydrogen) atoms. The molecular formula is C30H37FN2O4. The fourth-order valence-electron chi connectivity index (χ4n) is 5.94. The zero-order valence-corrected chi connectivity index (χ0v) is 21.6. The summed E-state index contributed by atoms with van der Waals surface area (Å²) in [6.07, 6.45) is 6.77. The molecule has 7 heteroatoms. The van der Waals surface area contributed by atoms with E-state index >= 15 is 0 Å². The quantitative estimate of drug-likeness (QED) is 0.548. The van der Waals surface area contributed by atoms with Gasteiger partial charge in [-0.15, -0.1) is 0 Å². The molecule has 1 saturated heterocycles. The van der Waals surface area contributed by atoms with Crippen LogP contribution in [0.3, 0.4) is 0 Å². The summed E-state index contributed by atoms with van der Waals surface area (Å²) in [5.74, 6) is 0.388. The first-order chi connectivity index (χ1) is 18.0. The number of nitrogens with zero attached hydrogens (tertiary/aromatic N) is 1. The van der Waals surface area contributed by atoms with Crippen molar-refractivity contribution < 1.29 is 23.5 Å². The Bertz CT molecular complexity index is 1090. The molecule has 0 aromatic heterocycles. The predicted molar refractivity (Wildman–Crippen MR) is 139 cm³/mol. The van der Waals surface area contributed by atoms with E-state index in [0.717, 1.165) is 68.2 Å². The second-order valence-electron chi connectivity index (χ2n) is 10.5. The molecule has 2 aliphatic heterocycles. The third kappa shape index (κ3) is 5.82. The van der Waals surface area contributed by atoms with Gasteiger partial charge in [-0.25, -0.2) is 4.39 Å². The largest absolute Gasteiger partial charge is 0.481 e. The minimum atomic E-state index is -0.622. The van der Waals surface area contributed by atoms with Crippen LogP contribution in [-0.4, -0.2) is 48.6 Å². The van der Waals surface area contributed by atoms with E-state index in [1.807, 2.05) is 30.0 Å². The first-order valence-corrected chi connectivity index (χ1v) is 13.8. The number of benzene rings is 2. The molecule has 5 rings (SSSR count). The molecule has 1 saturated carbocycles. The van der Waals surface area contributed by atoms with Crippen LogP contribution in [0.5, 0.6) is 5.75 Å². The second kappa shape index (κ2) is 11.6. The van der Waals surface area contributed by atoms with Gasteiger partial charge < -0.3 is 19.7 Å². The smallest absolute Gasteiger partial charge is 0.261 e. The average molecular weight is 509 g/mol. The van der Waals surface area contributed by atoms with Crippen molar-refractivity contribution in [3.8, 4) is 5.75 Å². The van der Waals surface area contributed by atoms with Crippen LogP contribution in [0.1, 0.15) is 74.6 Å². The Morgan fingerprint density at radius 1 is 1.11 bits per heavy atom. The van der Waals surface area contributed by atoms with E-state index in [1.165, 1.54) is 12.1 Å². The van der Waals surface area contributed by atoms with Crippen LogP contribution in [0.4, 0.5) is 4.39 Å². The number of amides is 2. The number of rotatable bonds is 8. The van der Waals surface area contributed by atoms with Crippen molar-refractivity contribution in [3.63, 3.8) is 0 Å². The van der Waals surface area contributed by atoms with Gasteiger partial charge in [-0.2, -0.15) is 0 Å². The van der Waals surface area contributed by atoms with Crippen LogP contribution in [0, 0.1) is 11.7 Å². The van der Waals surface area contributed by atoms with E-state index in [2.05, 4.69) is 5.32 Å². The minimum Gasteiger partial charge on any atom is -0.481 e. The molecule has 198 valence electrons. The fraction of sp³-hybridized carbons (Fsp3) is 0.533. The minimum absolute atomic E-state index is 0.0564. The topological polar surface area (TPSA) is 67.9 Å². The molecular weight excluding hydrogens is 471 g/mol. The molecule has 1 N–H and O–H groups in total. The van der Waals surface area contributed by atoms with Crippen LogP contribution in [-0.2, 0) is 20.7 Å². The summed E-state index contributed by atoms with van der Waals surface area (Å²) in [7, 11) is 0. The number of fused-ring (bicyclic) bond motifs is 1. The first kappa shape index (κ1) is 25.7. The lowest BCUT2D eigenvalue weighted by Gasteiger charge is -2.39. The van der Waals surface area contributed by atoms with Crippen molar-refractivity contribution in [3.05, 3.63) is 65.0 Å². The highest BCUT2D eigenvalue weighted by atomic mass is 19.1. The molecule has 2 amide bonds. The maximum Gasteiger partial charge on any atom is 0.261 e. The van der Waals surface area contributed by atoms with E-state index < -0.39 is 6.10 Å². The summed E-state index contributed by atoms with van der Waals surface area (Å²) in [4.78, 5) is 28.4. The van der Waals surface area contributed by atoms with Gasteiger partial charge >= 0.3 is 0 Å². The van der Waals surface area contributed by atoms with Crippen LogP contribution < -0.4 is 10.1 Å². The molecule has 2 aromatic carbocycles. The van der Waals surface area contributed by atoms with Crippen molar-refractivity contribution in [1.29, 1.82) is 0 Å². The molecule has 6 nitrogen and oxygen atoms in total. The van der Waals surface area contributed by atoms with Gasteiger partial charge in [0.15, 0.2) is 6.10 Å². The second-order valence-corrected chi connectivity index (χ2v) is 10.5. The summed E-state index contributed by atoms with van der Waals surface area (Å²) in [6, 6.07) is 12.0. The number of carbonyl (C=O) groups excluding carboxylic acids is 2. The Balaban J connectivity index is 1.39. The zero-order valence-electron chi connectivity index (χ0n) is 21.6. The SMILES string of the molecule is CCC(Oc1ccc2c(c1)C(c1ccc(F)cc1)N(C(=O)C1CCCC1)CC2)C(=O)NCC1CCCO1. The molecule has 2 aromatic rings. The van der Waals surface area contributed by atoms with Gasteiger partial charge in [-0.3, -0.25) is 9.59 Å². The normalized spacial score (nSPS) is 22.5. The van der Waals surface area contributed by atoms with E-state index in [-0.39, 0.29) is 35.7 Å². The van der Waals surface area contributed by atoms with Crippen molar-refractivity contribution in [2.75, 3.05) is 19.7 Å². The summed E-state index contributed by atoms with van der Waals surface area (Å²) in [6.45, 7) is 3.80. The third-order valence-electron chi connectivity index (χ3n) is 7.99. The van der Waals surface area contributed by atoms with Gasteiger partial charge in [-0.05, 0) is 79.5 Å². The first-order valence-electron chi connectivity index (χ1n) is 13.8. The molecule has 1 aliphatic carbocycles. The average Bonchev–Trinajstić information content (AvgIpc) is 3.65. The van der Waals surface area contributed by atoms with Crippen LogP contribution in [0.15, 0.2) is 42.5 Å². The van der Waals surface area contributed by atoms with Gasteiger partial charge in [0, 0.05) is 25.6 Å². The Morgan fingerprint density at radius 2 is 1.89 bits per heavy atom. The Morgan fingerprint density at radius 3 is 2.59 bits per heavy atom. The highest BCUT2D eigenvalue weighted by molar-refractivity contribution is 5.81. The van der Waals surface area contributed by atoms with Gasteiger partial charge in [0.1, 0.15) is 11.6 Å². The molecule has 3 unspecified atom stereocenters. The predicted octanol–water partition coefficient (Wildman–Crippen LogP) is 4.94. The molecule has 0 radical (unpaired) electrons. The summed E-state index contributed by atoms with van der Waals surface area (Å²) in [5, 5.41) is 2.97. The number of ether oxygens (including phenoxy) is 2. The summed E-state index contributed by atoms with van der Waals surface area (Å²) < 4.78 is 25.6. The standard InChI is InChI=1S/C30H37FN2O4/c1-2-27(29(34)32-19-25-8-5-17-36-25)37-24-14-11-20-15-16-33(30(35)22-6-3-4-7-22)28(26(20)18-24)21-9-12-23(31)13-10-21/h9-14,18,22,25,27-28H,2-8,15-17,19H2,1H3,(H,32,34). The molecule has 2 heterocycles. The van der Waals surface area contributed by atoms with Crippen molar-refractivity contribution in [1.82, 2.24) is 10.2 Å². The third-order valence-corrected chi connectivity index (χ3v) is 7.99. The van der Waals surface area contributed by atoms with Gasteiger partial charge in [0.05, 0.1) is 12.1 Å². The molecule has 3 aliphatic rings. The Labute approximate surface area is 218 Å². The van der Waals surface area contributed by atoms with Crippen LogP contribution in [0.2, 0.25) is 0 Å². The van der Waals surface area contributed by atoms with E-state index in [9.17, 15) is 14.0 Å². The molecule has 2 fully saturated rings. The van der Waals surface area contributed by atoms with Gasteiger partial charge in [0.25, 0.3) is 5.91 Å². The number of nitrogens with one attached hydrogen (secondary N) is 1. The molecule has 0 bridgehead atoms. The summed E-state index contributed by atoms with van der Waals surface area (Å²) >= 11 is 0. The fourth-order valence-corrected chi connectivity index (χ4v) is 5.94. The number of carbonyl (C=O) groups is 2. The van der Waals surface area contributed by atoms with Gasteiger partial charge in [0.2, 0.25) is 5.91 Å². The van der Waals surface area contributed by atoms with Crippen molar-refractivity contribution in [2.24, 2.45) is 5.92 Å². The van der Waals surface area contributed by atoms with E-state index in [1.54, 1.807) is 12.1 Å². The molecule has 0 spiro atoms. The maximum atomic E-state index is 13.8. The lowest BCUT2D eigenvalue weighted by molar-refractivity contribution is -0.137. The molecule has 3 atom stereocenters. The zero-order chi connectivity index (χ0) is 25.8. The number of hydrogen-bond acceptors (Lipinski definition) is 4. The van der Waals surface area contributed by atoms with Gasteiger partial charge in [-0.1, -0.05) is 38.0 Å². The van der Waals surface area contributed by atoms with Crippen molar-refractivity contribution in [2.45, 2.75) is 76.5 Å². The number of hydrogen-bond donors (Lipinski definition) is 1. The van der Waals surface area contributed by atoms with Crippen LogP contribution >= 0.6 is 0 Å². The lowest BCUT2D eigenvalue weighted by Crippen LogP contribution is -2.43. The Kier molecular flexibility index (Phi) is 8.08. The lowest BCUT2D eigenvalue weighted by atomic mass is 9.87. The van der Waals surface area contributed by atoms with Crippen molar-refractivity contribution >= 4 is 11.8 Å². The maximum absolute atomic E-state index is 13.8. The highest BCUT2D eigenvalue weighted by Gasteiger charge is 2.36. The van der Waals surface area contributed by atoms with E-state index in [0.29, 0.717) is 25.3 Å². The monoisotopic (exact) mass is 508 g/mol. The highest BCUT2D eigenvalue weighted by Crippen LogP contribution is 2.40. The Hall–Kier alpha value is -2.93. The number of halogens is 1. The van der Waals surface area contributed by atoms with E-state index in [4.69, 9.17) is 9.47 Å².